The van der Waals surface area contributed by atoms with Crippen molar-refractivity contribution in [2.45, 2.75) is 33.6 Å². The van der Waals surface area contributed by atoms with Crippen LogP contribution in [0.1, 0.15) is 29.6 Å². The van der Waals surface area contributed by atoms with Crippen LogP contribution in [-0.2, 0) is 6.42 Å². The molecule has 2 rings (SSSR count). The van der Waals surface area contributed by atoms with E-state index in [9.17, 15) is 0 Å². The number of aromatic nitrogens is 2. The zero-order chi connectivity index (χ0) is 14.7. The smallest absolute Gasteiger partial charge is 0.138 e. The van der Waals surface area contributed by atoms with Gasteiger partial charge in [0.05, 0.1) is 5.39 Å². The molecule has 4 nitrogen and oxygen atoms in total. The van der Waals surface area contributed by atoms with Crippen molar-refractivity contribution in [1.29, 1.82) is 0 Å². The van der Waals surface area contributed by atoms with Crippen molar-refractivity contribution in [3.63, 3.8) is 0 Å². The van der Waals surface area contributed by atoms with E-state index >= 15 is 0 Å². The summed E-state index contributed by atoms with van der Waals surface area (Å²) >= 11 is 1.77. The highest BCUT2D eigenvalue weighted by atomic mass is 32.1. The van der Waals surface area contributed by atoms with Crippen molar-refractivity contribution in [3.8, 4) is 0 Å². The van der Waals surface area contributed by atoms with Gasteiger partial charge in [0.2, 0.25) is 0 Å². The number of nitrogens with one attached hydrogen (secondary N) is 1. The number of hydrogen-bond acceptors (Lipinski definition) is 5. The van der Waals surface area contributed by atoms with Crippen LogP contribution >= 0.6 is 11.3 Å². The zero-order valence-corrected chi connectivity index (χ0v) is 13.9. The van der Waals surface area contributed by atoms with E-state index < -0.39 is 0 Å². The number of fused-ring (bicyclic) bond motifs is 1. The van der Waals surface area contributed by atoms with E-state index in [2.05, 4.69) is 55.1 Å². The summed E-state index contributed by atoms with van der Waals surface area (Å²) in [6.45, 7) is 8.45. The van der Waals surface area contributed by atoms with Crippen LogP contribution in [0.5, 0.6) is 0 Å². The normalized spacial score (nSPS) is 11.5. The average molecular weight is 292 g/mol. The lowest BCUT2D eigenvalue weighted by atomic mass is 10.2. The van der Waals surface area contributed by atoms with Gasteiger partial charge in [-0.1, -0.05) is 6.92 Å². The second-order valence-corrected chi connectivity index (χ2v) is 6.59. The first-order valence-corrected chi connectivity index (χ1v) is 7.99. The molecule has 5 heteroatoms. The molecule has 0 spiro atoms. The van der Waals surface area contributed by atoms with E-state index in [1.54, 1.807) is 11.3 Å². The molecular formula is C15H24N4S. The lowest BCUT2D eigenvalue weighted by molar-refractivity contribution is 0.405. The average Bonchev–Trinajstić information content (AvgIpc) is 2.69. The molecule has 0 unspecified atom stereocenters. The van der Waals surface area contributed by atoms with Crippen LogP contribution in [-0.4, -0.2) is 42.1 Å². The molecule has 0 fully saturated rings. The van der Waals surface area contributed by atoms with E-state index in [1.807, 2.05) is 0 Å². The maximum atomic E-state index is 4.68. The summed E-state index contributed by atoms with van der Waals surface area (Å²) in [7, 11) is 4.20. The van der Waals surface area contributed by atoms with E-state index in [1.165, 1.54) is 15.8 Å². The van der Waals surface area contributed by atoms with E-state index in [0.29, 0.717) is 0 Å². The lowest BCUT2D eigenvalue weighted by Gasteiger charge is -2.11. The molecule has 0 aliphatic rings. The Bertz CT molecular complexity index is 589. The SMILES string of the molecule is CCc1nc(NCCCN(C)C)c2c(C)c(C)sc2n1. The van der Waals surface area contributed by atoms with Crippen molar-refractivity contribution in [2.24, 2.45) is 0 Å². The summed E-state index contributed by atoms with van der Waals surface area (Å²) in [6, 6.07) is 0. The molecule has 0 aliphatic carbocycles. The minimum Gasteiger partial charge on any atom is -0.369 e. The van der Waals surface area contributed by atoms with Crippen molar-refractivity contribution < 1.29 is 0 Å². The minimum atomic E-state index is 0.873. The maximum absolute atomic E-state index is 4.68. The summed E-state index contributed by atoms with van der Waals surface area (Å²) in [5.74, 6) is 1.93. The van der Waals surface area contributed by atoms with Crippen molar-refractivity contribution in [1.82, 2.24) is 14.9 Å². The zero-order valence-electron chi connectivity index (χ0n) is 13.1. The Kier molecular flexibility index (Phi) is 4.94. The van der Waals surface area contributed by atoms with Gasteiger partial charge in [-0.2, -0.15) is 0 Å². The summed E-state index contributed by atoms with van der Waals surface area (Å²) < 4.78 is 0. The number of thiophene rings is 1. The van der Waals surface area contributed by atoms with Crippen LogP contribution in [0.4, 0.5) is 5.82 Å². The van der Waals surface area contributed by atoms with Gasteiger partial charge in [0, 0.05) is 17.8 Å². The van der Waals surface area contributed by atoms with Gasteiger partial charge in [-0.05, 0) is 46.5 Å². The molecule has 2 heterocycles. The van der Waals surface area contributed by atoms with Crippen LogP contribution in [0.3, 0.4) is 0 Å². The fourth-order valence-electron chi connectivity index (χ4n) is 2.18. The van der Waals surface area contributed by atoms with Crippen LogP contribution in [0.2, 0.25) is 0 Å². The van der Waals surface area contributed by atoms with E-state index in [0.717, 1.165) is 42.4 Å². The number of nitrogens with zero attached hydrogens (tertiary/aromatic N) is 3. The Morgan fingerprint density at radius 2 is 1.95 bits per heavy atom. The second kappa shape index (κ2) is 6.50. The van der Waals surface area contributed by atoms with Gasteiger partial charge < -0.3 is 10.2 Å². The molecule has 2 aromatic rings. The van der Waals surface area contributed by atoms with Crippen molar-refractivity contribution in [3.05, 3.63) is 16.3 Å². The molecule has 0 aromatic carbocycles. The standard InChI is InChI=1S/C15H24N4S/c1-6-12-17-14(16-8-7-9-19(4)5)13-10(2)11(3)20-15(13)18-12/h6-9H2,1-5H3,(H,16,17,18). The number of aryl methyl sites for hydroxylation is 3. The Balaban J connectivity index is 2.25. The summed E-state index contributed by atoms with van der Waals surface area (Å²) in [5, 5.41) is 4.70. The van der Waals surface area contributed by atoms with Gasteiger partial charge in [0.15, 0.2) is 0 Å². The number of hydrogen-bond donors (Lipinski definition) is 1. The summed E-state index contributed by atoms with van der Waals surface area (Å²) in [4.78, 5) is 14.0. The Morgan fingerprint density at radius 3 is 2.60 bits per heavy atom. The molecule has 0 bridgehead atoms. The highest BCUT2D eigenvalue weighted by Gasteiger charge is 2.13. The second-order valence-electron chi connectivity index (χ2n) is 5.39. The first kappa shape index (κ1) is 15.2. The predicted molar refractivity (Wildman–Crippen MR) is 87.9 cm³/mol. The molecule has 0 saturated carbocycles. The molecule has 0 amide bonds. The molecule has 0 radical (unpaired) electrons. The fraction of sp³-hybridized carbons (Fsp3) is 0.600. The van der Waals surface area contributed by atoms with E-state index in [4.69, 9.17) is 0 Å². The summed E-state index contributed by atoms with van der Waals surface area (Å²) in [5.41, 5.74) is 1.31. The lowest BCUT2D eigenvalue weighted by Crippen LogP contribution is -2.17. The molecule has 0 aliphatic heterocycles. The topological polar surface area (TPSA) is 41.1 Å². The Labute approximate surface area is 125 Å². The van der Waals surface area contributed by atoms with Crippen molar-refractivity contribution >= 4 is 27.4 Å². The number of rotatable bonds is 6. The minimum absolute atomic E-state index is 0.873. The third-order valence-electron chi connectivity index (χ3n) is 3.47. The van der Waals surface area contributed by atoms with Gasteiger partial charge in [0.1, 0.15) is 16.5 Å². The van der Waals surface area contributed by atoms with Crippen LogP contribution in [0, 0.1) is 13.8 Å². The van der Waals surface area contributed by atoms with E-state index in [-0.39, 0.29) is 0 Å². The molecule has 2 aromatic heterocycles. The number of anilines is 1. The molecular weight excluding hydrogens is 268 g/mol. The predicted octanol–water partition coefficient (Wildman–Crippen LogP) is 3.23. The molecule has 0 atom stereocenters. The van der Waals surface area contributed by atoms with Gasteiger partial charge in [0.25, 0.3) is 0 Å². The van der Waals surface area contributed by atoms with Crippen LogP contribution in [0.15, 0.2) is 0 Å². The first-order valence-electron chi connectivity index (χ1n) is 7.18. The Morgan fingerprint density at radius 1 is 1.20 bits per heavy atom. The Hall–Kier alpha value is -1.20. The fourth-order valence-corrected chi connectivity index (χ4v) is 3.23. The maximum Gasteiger partial charge on any atom is 0.138 e. The monoisotopic (exact) mass is 292 g/mol. The molecule has 1 N–H and O–H groups in total. The van der Waals surface area contributed by atoms with Gasteiger partial charge in [-0.25, -0.2) is 9.97 Å². The summed E-state index contributed by atoms with van der Waals surface area (Å²) in [6.07, 6.45) is 1.99. The quantitative estimate of drug-likeness (QED) is 0.830. The highest BCUT2D eigenvalue weighted by Crippen LogP contribution is 2.33. The first-order chi connectivity index (χ1) is 9.52. The highest BCUT2D eigenvalue weighted by molar-refractivity contribution is 7.18. The molecule has 0 saturated heterocycles. The third kappa shape index (κ3) is 3.27. The largest absolute Gasteiger partial charge is 0.369 e. The van der Waals surface area contributed by atoms with Crippen LogP contribution in [0.25, 0.3) is 10.2 Å². The van der Waals surface area contributed by atoms with Crippen LogP contribution < -0.4 is 5.32 Å². The molecule has 110 valence electrons. The molecule has 20 heavy (non-hydrogen) atoms. The van der Waals surface area contributed by atoms with Crippen molar-refractivity contribution in [2.75, 3.05) is 32.5 Å². The van der Waals surface area contributed by atoms with Gasteiger partial charge in [-0.3, -0.25) is 0 Å². The van der Waals surface area contributed by atoms with Gasteiger partial charge >= 0.3 is 0 Å². The third-order valence-corrected chi connectivity index (χ3v) is 4.57. The van der Waals surface area contributed by atoms with Gasteiger partial charge in [-0.15, -0.1) is 11.3 Å².